The summed E-state index contributed by atoms with van der Waals surface area (Å²) < 4.78 is 1.41. The summed E-state index contributed by atoms with van der Waals surface area (Å²) in [7, 11) is 0. The minimum absolute atomic E-state index is 0.689. The predicted octanol–water partition coefficient (Wildman–Crippen LogP) is 4.11. The van der Waals surface area contributed by atoms with Gasteiger partial charge in [0, 0.05) is 30.4 Å². The molecule has 3 rings (SSSR count). The van der Waals surface area contributed by atoms with E-state index in [-0.39, 0.29) is 0 Å². The second-order valence-electron chi connectivity index (χ2n) is 6.64. The van der Waals surface area contributed by atoms with E-state index < -0.39 is 0 Å². The van der Waals surface area contributed by atoms with E-state index in [2.05, 4.69) is 53.7 Å². The van der Waals surface area contributed by atoms with Crippen molar-refractivity contribution < 1.29 is 0 Å². The van der Waals surface area contributed by atoms with E-state index in [4.69, 9.17) is 0 Å². The standard InChI is InChI=1S/C18H26N2S/c1-14(2)10-20(12-16-6-5-9-19-16)11-15-13-21-18-8-4-3-7-17(15)18/h3-4,7-8,13-14,16,19H,5-6,9-12H2,1-2H3. The van der Waals surface area contributed by atoms with E-state index >= 15 is 0 Å². The summed E-state index contributed by atoms with van der Waals surface area (Å²) >= 11 is 1.88. The van der Waals surface area contributed by atoms with Gasteiger partial charge in [-0.25, -0.2) is 0 Å². The molecule has 0 spiro atoms. The topological polar surface area (TPSA) is 15.3 Å². The summed E-state index contributed by atoms with van der Waals surface area (Å²) in [6.07, 6.45) is 2.67. The minimum Gasteiger partial charge on any atom is -0.313 e. The zero-order valence-corrected chi connectivity index (χ0v) is 14.0. The molecular formula is C18H26N2S. The van der Waals surface area contributed by atoms with E-state index in [1.165, 1.54) is 48.1 Å². The van der Waals surface area contributed by atoms with E-state index in [0.717, 1.165) is 12.5 Å². The molecule has 21 heavy (non-hydrogen) atoms. The van der Waals surface area contributed by atoms with Crippen molar-refractivity contribution in [3.63, 3.8) is 0 Å². The first-order valence-electron chi connectivity index (χ1n) is 8.13. The maximum absolute atomic E-state index is 3.64. The van der Waals surface area contributed by atoms with E-state index in [1.54, 1.807) is 0 Å². The van der Waals surface area contributed by atoms with Gasteiger partial charge in [0.25, 0.3) is 0 Å². The van der Waals surface area contributed by atoms with E-state index in [0.29, 0.717) is 6.04 Å². The number of rotatable bonds is 6. The molecule has 1 saturated heterocycles. The van der Waals surface area contributed by atoms with Gasteiger partial charge in [-0.1, -0.05) is 32.0 Å². The monoisotopic (exact) mass is 302 g/mol. The number of fused-ring (bicyclic) bond motifs is 1. The second-order valence-corrected chi connectivity index (χ2v) is 7.55. The predicted molar refractivity (Wildman–Crippen MR) is 93.0 cm³/mol. The third-order valence-electron chi connectivity index (χ3n) is 4.22. The van der Waals surface area contributed by atoms with Gasteiger partial charge in [0.05, 0.1) is 0 Å². The number of thiophene rings is 1. The van der Waals surface area contributed by atoms with Gasteiger partial charge in [-0.2, -0.15) is 0 Å². The number of hydrogen-bond donors (Lipinski definition) is 1. The van der Waals surface area contributed by atoms with Gasteiger partial charge < -0.3 is 5.32 Å². The van der Waals surface area contributed by atoms with Crippen molar-refractivity contribution in [1.29, 1.82) is 0 Å². The summed E-state index contributed by atoms with van der Waals surface area (Å²) in [4.78, 5) is 2.64. The quantitative estimate of drug-likeness (QED) is 0.864. The molecular weight excluding hydrogens is 276 g/mol. The van der Waals surface area contributed by atoms with Crippen LogP contribution in [0.5, 0.6) is 0 Å². The Morgan fingerprint density at radius 2 is 2.19 bits per heavy atom. The van der Waals surface area contributed by atoms with Crippen molar-refractivity contribution in [3.8, 4) is 0 Å². The number of hydrogen-bond acceptors (Lipinski definition) is 3. The molecule has 1 fully saturated rings. The average Bonchev–Trinajstić information content (AvgIpc) is 3.09. The van der Waals surface area contributed by atoms with E-state index in [1.807, 2.05) is 11.3 Å². The highest BCUT2D eigenvalue weighted by molar-refractivity contribution is 7.17. The fourth-order valence-corrected chi connectivity index (χ4v) is 4.29. The third-order valence-corrected chi connectivity index (χ3v) is 5.23. The molecule has 0 aliphatic carbocycles. The van der Waals surface area contributed by atoms with Crippen LogP contribution in [0.15, 0.2) is 29.6 Å². The third kappa shape index (κ3) is 3.85. The highest BCUT2D eigenvalue weighted by atomic mass is 32.1. The maximum atomic E-state index is 3.64. The van der Waals surface area contributed by atoms with Crippen LogP contribution in [0.3, 0.4) is 0 Å². The van der Waals surface area contributed by atoms with Crippen LogP contribution in [-0.2, 0) is 6.54 Å². The van der Waals surface area contributed by atoms with Crippen LogP contribution in [0.2, 0.25) is 0 Å². The van der Waals surface area contributed by atoms with Crippen LogP contribution in [0, 0.1) is 5.92 Å². The molecule has 1 N–H and O–H groups in total. The smallest absolute Gasteiger partial charge is 0.0346 e. The maximum Gasteiger partial charge on any atom is 0.0346 e. The summed E-state index contributed by atoms with van der Waals surface area (Å²) in [6, 6.07) is 9.48. The average molecular weight is 302 g/mol. The molecule has 1 aliphatic heterocycles. The summed E-state index contributed by atoms with van der Waals surface area (Å²) in [5, 5.41) is 7.43. The Morgan fingerprint density at radius 3 is 2.95 bits per heavy atom. The zero-order chi connectivity index (χ0) is 14.7. The molecule has 2 aromatic rings. The first-order valence-corrected chi connectivity index (χ1v) is 9.01. The Kier molecular flexibility index (Phi) is 4.94. The Balaban J connectivity index is 1.73. The summed E-state index contributed by atoms with van der Waals surface area (Å²) in [5.41, 5.74) is 1.49. The summed E-state index contributed by atoms with van der Waals surface area (Å²) in [6.45, 7) is 9.29. The number of nitrogens with one attached hydrogen (secondary N) is 1. The lowest BCUT2D eigenvalue weighted by molar-refractivity contribution is 0.217. The van der Waals surface area contributed by atoms with Crippen LogP contribution in [0.1, 0.15) is 32.3 Å². The summed E-state index contributed by atoms with van der Waals surface area (Å²) in [5.74, 6) is 0.719. The Bertz CT molecular complexity index is 569. The van der Waals surface area contributed by atoms with Crippen LogP contribution < -0.4 is 5.32 Å². The van der Waals surface area contributed by atoms with Gasteiger partial charge in [-0.15, -0.1) is 11.3 Å². The molecule has 1 aromatic heterocycles. The number of nitrogens with zero attached hydrogens (tertiary/aromatic N) is 1. The molecule has 114 valence electrons. The van der Waals surface area contributed by atoms with Crippen molar-refractivity contribution in [1.82, 2.24) is 10.2 Å². The fourth-order valence-electron chi connectivity index (χ4n) is 3.34. The SMILES string of the molecule is CC(C)CN(Cc1csc2ccccc12)CC1CCCN1. The van der Waals surface area contributed by atoms with Gasteiger partial charge in [0.2, 0.25) is 0 Å². The fraction of sp³-hybridized carbons (Fsp3) is 0.556. The first-order chi connectivity index (χ1) is 10.2. The number of benzene rings is 1. The molecule has 0 radical (unpaired) electrons. The van der Waals surface area contributed by atoms with Crippen molar-refractivity contribution in [2.45, 2.75) is 39.3 Å². The van der Waals surface area contributed by atoms with Gasteiger partial charge >= 0.3 is 0 Å². The molecule has 1 aromatic carbocycles. The minimum atomic E-state index is 0.689. The first kappa shape index (κ1) is 15.0. The molecule has 1 unspecified atom stereocenters. The molecule has 0 saturated carbocycles. The lowest BCUT2D eigenvalue weighted by atomic mass is 10.1. The van der Waals surface area contributed by atoms with Gasteiger partial charge in [-0.05, 0) is 47.7 Å². The van der Waals surface area contributed by atoms with Crippen molar-refractivity contribution in [2.24, 2.45) is 5.92 Å². The van der Waals surface area contributed by atoms with Crippen LogP contribution in [0.4, 0.5) is 0 Å². The van der Waals surface area contributed by atoms with Gasteiger partial charge in [0.15, 0.2) is 0 Å². The Morgan fingerprint density at radius 1 is 1.33 bits per heavy atom. The van der Waals surface area contributed by atoms with Crippen molar-refractivity contribution in [3.05, 3.63) is 35.2 Å². The molecule has 1 atom stereocenters. The van der Waals surface area contributed by atoms with Crippen molar-refractivity contribution in [2.75, 3.05) is 19.6 Å². The Labute approximate surface area is 132 Å². The highest BCUT2D eigenvalue weighted by Crippen LogP contribution is 2.27. The largest absolute Gasteiger partial charge is 0.313 e. The van der Waals surface area contributed by atoms with Gasteiger partial charge in [-0.3, -0.25) is 4.90 Å². The Hall–Kier alpha value is -0.900. The molecule has 0 amide bonds. The molecule has 0 bridgehead atoms. The van der Waals surface area contributed by atoms with E-state index in [9.17, 15) is 0 Å². The molecule has 1 aliphatic rings. The highest BCUT2D eigenvalue weighted by Gasteiger charge is 2.19. The van der Waals surface area contributed by atoms with Crippen LogP contribution in [0.25, 0.3) is 10.1 Å². The molecule has 2 heterocycles. The zero-order valence-electron chi connectivity index (χ0n) is 13.1. The lowest BCUT2D eigenvalue weighted by Gasteiger charge is -2.27. The lowest BCUT2D eigenvalue weighted by Crippen LogP contribution is -2.38. The molecule has 3 heteroatoms. The van der Waals surface area contributed by atoms with Crippen molar-refractivity contribution >= 4 is 21.4 Å². The molecule has 2 nitrogen and oxygen atoms in total. The van der Waals surface area contributed by atoms with Crippen LogP contribution >= 0.6 is 11.3 Å². The normalized spacial score (nSPS) is 19.1. The second kappa shape index (κ2) is 6.91. The van der Waals surface area contributed by atoms with Gasteiger partial charge in [0.1, 0.15) is 0 Å². The van der Waals surface area contributed by atoms with Crippen LogP contribution in [-0.4, -0.2) is 30.6 Å².